The molecule has 0 atom stereocenters. The highest BCUT2D eigenvalue weighted by atomic mass is 79.9. The van der Waals surface area contributed by atoms with Gasteiger partial charge in [0.05, 0.1) is 29.2 Å². The van der Waals surface area contributed by atoms with E-state index in [1.165, 1.54) is 6.07 Å². The number of nitrogens with one attached hydrogen (secondary N) is 1. The molecule has 2 aliphatic heterocycles. The van der Waals surface area contributed by atoms with Crippen molar-refractivity contribution in [2.45, 2.75) is 6.92 Å². The molecule has 2 heterocycles. The average Bonchev–Trinajstić information content (AvgIpc) is 3.16. The fraction of sp³-hybridized carbons (Fsp3) is 0.280. The zero-order valence-corrected chi connectivity index (χ0v) is 24.2. The molecular formula is C25H23BrClN3O6S2. The third-order valence-corrected chi connectivity index (χ3v) is 7.55. The number of carbonyl (C=O) groups is 3. The number of benzene rings is 2. The molecule has 38 heavy (non-hydrogen) atoms. The third kappa shape index (κ3) is 6.86. The molecule has 0 aliphatic carbocycles. The van der Waals surface area contributed by atoms with Gasteiger partial charge >= 0.3 is 0 Å². The predicted octanol–water partition coefficient (Wildman–Crippen LogP) is 4.29. The van der Waals surface area contributed by atoms with Crippen molar-refractivity contribution in [3.8, 4) is 11.5 Å². The van der Waals surface area contributed by atoms with Crippen LogP contribution in [0.4, 0.5) is 0 Å². The minimum atomic E-state index is -0.514. The molecule has 2 aromatic rings. The van der Waals surface area contributed by atoms with E-state index in [4.69, 9.17) is 38.0 Å². The number of thioether (sulfide) groups is 1. The number of rotatable bonds is 8. The standard InChI is InChI=1S/C25H23BrClN3O6S2/c1-2-35-19-11-15(10-18(26)22(19)36-14-21(31)29-6-8-34-9-7-29)12-20-24(33)30(25(37)38-20)28-23(32)16-4-3-5-17(27)13-16/h3-5,10-13H,2,6-9,14H2,1H3,(H,28,32)/b20-12+. The van der Waals surface area contributed by atoms with E-state index >= 15 is 0 Å². The van der Waals surface area contributed by atoms with Crippen LogP contribution in [0.5, 0.6) is 11.5 Å². The van der Waals surface area contributed by atoms with Gasteiger partial charge in [0.25, 0.3) is 17.7 Å². The van der Waals surface area contributed by atoms with E-state index in [9.17, 15) is 14.4 Å². The molecule has 0 spiro atoms. The Bertz CT molecular complexity index is 1300. The van der Waals surface area contributed by atoms with Crippen LogP contribution in [0.15, 0.2) is 45.8 Å². The van der Waals surface area contributed by atoms with Crippen molar-refractivity contribution < 1.29 is 28.6 Å². The van der Waals surface area contributed by atoms with Gasteiger partial charge in [-0.2, -0.15) is 5.01 Å². The Morgan fingerprint density at radius 3 is 2.71 bits per heavy atom. The van der Waals surface area contributed by atoms with Crippen LogP contribution in [0.1, 0.15) is 22.8 Å². The van der Waals surface area contributed by atoms with E-state index in [2.05, 4.69) is 21.4 Å². The molecule has 2 aliphatic rings. The second-order valence-corrected chi connectivity index (χ2v) is 11.0. The van der Waals surface area contributed by atoms with Crippen LogP contribution in [0.3, 0.4) is 0 Å². The molecule has 9 nitrogen and oxygen atoms in total. The molecule has 2 saturated heterocycles. The molecular weight excluding hydrogens is 618 g/mol. The number of hydrogen-bond acceptors (Lipinski definition) is 8. The number of hydrazine groups is 1. The second kappa shape index (κ2) is 12.9. The number of amides is 3. The van der Waals surface area contributed by atoms with Gasteiger partial charge in [-0.3, -0.25) is 19.8 Å². The molecule has 2 fully saturated rings. The Morgan fingerprint density at radius 2 is 2.00 bits per heavy atom. The Kier molecular flexibility index (Phi) is 9.66. The fourth-order valence-electron chi connectivity index (χ4n) is 3.62. The lowest BCUT2D eigenvalue weighted by molar-refractivity contribution is -0.137. The summed E-state index contributed by atoms with van der Waals surface area (Å²) in [4.78, 5) is 40.2. The van der Waals surface area contributed by atoms with Gasteiger partial charge in [-0.1, -0.05) is 29.4 Å². The van der Waals surface area contributed by atoms with Crippen LogP contribution in [0.25, 0.3) is 6.08 Å². The van der Waals surface area contributed by atoms with Crippen molar-refractivity contribution in [2.24, 2.45) is 0 Å². The van der Waals surface area contributed by atoms with Gasteiger partial charge in [-0.15, -0.1) is 0 Å². The van der Waals surface area contributed by atoms with Crippen molar-refractivity contribution in [3.63, 3.8) is 0 Å². The number of carbonyl (C=O) groups excluding carboxylic acids is 3. The highest BCUT2D eigenvalue weighted by molar-refractivity contribution is 9.10. The lowest BCUT2D eigenvalue weighted by Crippen LogP contribution is -2.44. The van der Waals surface area contributed by atoms with Crippen molar-refractivity contribution >= 4 is 79.6 Å². The largest absolute Gasteiger partial charge is 0.490 e. The van der Waals surface area contributed by atoms with E-state index in [1.807, 2.05) is 6.92 Å². The fourth-order valence-corrected chi connectivity index (χ4v) is 5.57. The van der Waals surface area contributed by atoms with Gasteiger partial charge in [-0.25, -0.2) is 0 Å². The highest BCUT2D eigenvalue weighted by Gasteiger charge is 2.34. The first-order valence-corrected chi connectivity index (χ1v) is 14.0. The summed E-state index contributed by atoms with van der Waals surface area (Å²) < 4.78 is 17.6. The monoisotopic (exact) mass is 639 g/mol. The Labute approximate surface area is 242 Å². The molecule has 3 amide bonds. The maximum absolute atomic E-state index is 13.0. The summed E-state index contributed by atoms with van der Waals surface area (Å²) in [6, 6.07) is 9.82. The molecule has 2 aromatic carbocycles. The molecule has 0 radical (unpaired) electrons. The number of morpholine rings is 1. The predicted molar refractivity (Wildman–Crippen MR) is 152 cm³/mol. The molecule has 0 aromatic heterocycles. The highest BCUT2D eigenvalue weighted by Crippen LogP contribution is 2.39. The number of nitrogens with zero attached hydrogens (tertiary/aromatic N) is 2. The van der Waals surface area contributed by atoms with Crippen molar-refractivity contribution in [1.29, 1.82) is 0 Å². The molecule has 0 unspecified atom stereocenters. The summed E-state index contributed by atoms with van der Waals surface area (Å²) in [7, 11) is 0. The van der Waals surface area contributed by atoms with Crippen LogP contribution in [-0.2, 0) is 14.3 Å². The summed E-state index contributed by atoms with van der Waals surface area (Å²) in [5.74, 6) is -0.338. The zero-order valence-electron chi connectivity index (χ0n) is 20.2. The van der Waals surface area contributed by atoms with Gasteiger partial charge in [-0.05, 0) is 77.0 Å². The van der Waals surface area contributed by atoms with Crippen molar-refractivity contribution in [1.82, 2.24) is 15.3 Å². The van der Waals surface area contributed by atoms with E-state index in [-0.39, 0.29) is 16.8 Å². The maximum Gasteiger partial charge on any atom is 0.285 e. The van der Waals surface area contributed by atoms with Crippen LogP contribution in [0, 0.1) is 0 Å². The van der Waals surface area contributed by atoms with Gasteiger partial charge in [0.1, 0.15) is 0 Å². The summed E-state index contributed by atoms with van der Waals surface area (Å²) >= 11 is 15.8. The van der Waals surface area contributed by atoms with E-state index < -0.39 is 11.8 Å². The summed E-state index contributed by atoms with van der Waals surface area (Å²) in [6.07, 6.45) is 1.64. The Hall–Kier alpha value is -2.64. The molecule has 1 N–H and O–H groups in total. The van der Waals surface area contributed by atoms with Gasteiger partial charge in [0, 0.05) is 23.7 Å². The molecule has 0 saturated carbocycles. The van der Waals surface area contributed by atoms with Crippen molar-refractivity contribution in [2.75, 3.05) is 39.5 Å². The lowest BCUT2D eigenvalue weighted by Gasteiger charge is -2.27. The number of ether oxygens (including phenoxy) is 3. The van der Waals surface area contributed by atoms with E-state index in [1.54, 1.807) is 41.3 Å². The average molecular weight is 641 g/mol. The van der Waals surface area contributed by atoms with E-state index in [0.29, 0.717) is 69.9 Å². The maximum atomic E-state index is 13.0. The minimum Gasteiger partial charge on any atom is -0.490 e. The molecule has 200 valence electrons. The first-order valence-electron chi connectivity index (χ1n) is 11.6. The number of halogens is 2. The topological polar surface area (TPSA) is 97.4 Å². The first-order chi connectivity index (χ1) is 18.3. The van der Waals surface area contributed by atoms with Crippen LogP contribution in [0.2, 0.25) is 5.02 Å². The summed E-state index contributed by atoms with van der Waals surface area (Å²) in [6.45, 7) is 4.10. The number of thiocarbonyl (C=S) groups is 1. The van der Waals surface area contributed by atoms with E-state index in [0.717, 1.165) is 16.8 Å². The molecule has 0 bridgehead atoms. The zero-order chi connectivity index (χ0) is 27.2. The van der Waals surface area contributed by atoms with Gasteiger partial charge in [0.2, 0.25) is 0 Å². The van der Waals surface area contributed by atoms with Crippen LogP contribution < -0.4 is 14.9 Å². The summed E-state index contributed by atoms with van der Waals surface area (Å²) in [5, 5.41) is 1.43. The minimum absolute atomic E-state index is 0.143. The normalized spacial score (nSPS) is 16.7. The van der Waals surface area contributed by atoms with Crippen LogP contribution >= 0.6 is 51.5 Å². The molecule has 4 rings (SSSR count). The summed E-state index contributed by atoms with van der Waals surface area (Å²) in [5.41, 5.74) is 3.46. The quantitative estimate of drug-likeness (QED) is 0.338. The van der Waals surface area contributed by atoms with Gasteiger partial charge in [0.15, 0.2) is 22.4 Å². The third-order valence-electron chi connectivity index (χ3n) is 5.43. The first kappa shape index (κ1) is 28.4. The molecule has 13 heteroatoms. The second-order valence-electron chi connectivity index (χ2n) is 8.01. The Balaban J connectivity index is 1.49. The number of hydrogen-bond donors (Lipinski definition) is 1. The Morgan fingerprint density at radius 1 is 1.24 bits per heavy atom. The van der Waals surface area contributed by atoms with Gasteiger partial charge < -0.3 is 19.1 Å². The SMILES string of the molecule is CCOc1cc(/C=C2/SC(=S)N(NC(=O)c3cccc(Cl)c3)C2=O)cc(Br)c1OCC(=O)N1CCOCC1. The van der Waals surface area contributed by atoms with Crippen molar-refractivity contribution in [3.05, 3.63) is 61.9 Å². The smallest absolute Gasteiger partial charge is 0.285 e. The lowest BCUT2D eigenvalue weighted by atomic mass is 10.2. The van der Waals surface area contributed by atoms with Crippen LogP contribution in [-0.4, -0.2) is 71.5 Å².